The fourth-order valence-electron chi connectivity index (χ4n) is 12.9. The molecule has 6 heteroatoms. The number of benzene rings is 9. The molecule has 82 heavy (non-hydrogen) atoms. The summed E-state index contributed by atoms with van der Waals surface area (Å²) in [5.41, 5.74) is 16.7. The molecule has 0 spiro atoms. The normalized spacial score (nSPS) is 14.1. The molecule has 0 bridgehead atoms. The molecule has 0 N–H and O–H groups in total. The maximum Gasteiger partial charge on any atom is -0.0132 e. The molecule has 2 aliphatic rings. The number of fused-ring (bicyclic) bond motifs is 1. The van der Waals surface area contributed by atoms with Gasteiger partial charge in [0.25, 0.3) is 0 Å². The number of ether oxygens (including phenoxy) is 1. The summed E-state index contributed by atoms with van der Waals surface area (Å²) in [6, 6.07) is 79.7. The molecule has 0 saturated heterocycles. The number of anilines is 4. The van der Waals surface area contributed by atoms with Gasteiger partial charge in [0.1, 0.15) is 0 Å². The van der Waals surface area contributed by atoms with Crippen molar-refractivity contribution in [2.24, 2.45) is 0 Å². The molecule has 4 heterocycles. The molecule has 408 valence electrons. The number of rotatable bonds is 9. The third-order valence-electron chi connectivity index (χ3n) is 17.3. The van der Waals surface area contributed by atoms with Crippen molar-refractivity contribution in [3.63, 3.8) is 0 Å². The van der Waals surface area contributed by atoms with Crippen LogP contribution >= 0.6 is 0 Å². The van der Waals surface area contributed by atoms with Crippen LogP contribution in [-0.2, 0) is 21.7 Å². The Labute approximate surface area is 488 Å². The van der Waals surface area contributed by atoms with Crippen LogP contribution in [0.15, 0.2) is 219 Å². The minimum Gasteiger partial charge on any atom is -0.0561 e. The molecule has 11 aromatic rings. The van der Waals surface area contributed by atoms with Crippen LogP contribution in [0.4, 0.5) is 22.7 Å². The molecule has 9 aromatic carbocycles. The van der Waals surface area contributed by atoms with Gasteiger partial charge in [0.15, 0.2) is 0 Å². The number of pyridine rings is 1. The summed E-state index contributed by atoms with van der Waals surface area (Å²) < 4.78 is 15.4. The average Bonchev–Trinajstić information content (AvgIpc) is 2.96. The van der Waals surface area contributed by atoms with E-state index in [2.05, 4.69) is 310 Å². The van der Waals surface area contributed by atoms with E-state index in [9.17, 15) is 0 Å². The van der Waals surface area contributed by atoms with E-state index >= 15 is 0 Å². The molecule has 0 fully saturated rings. The van der Waals surface area contributed by atoms with Crippen molar-refractivity contribution in [1.29, 1.82) is 0 Å². The molecule has 0 saturated carbocycles. The van der Waals surface area contributed by atoms with Crippen LogP contribution in [0, 0.1) is 0 Å². The van der Waals surface area contributed by atoms with Gasteiger partial charge in [-0.1, -0.05) is 111 Å². The van der Waals surface area contributed by atoms with Gasteiger partial charge in [-0.2, -0.15) is 0 Å². The first-order chi connectivity index (χ1) is 39.2. The molecule has 0 atom stereocenters. The number of hydrogen-bond donors (Lipinski definition) is 0. The van der Waals surface area contributed by atoms with Crippen molar-refractivity contribution in [3.8, 4) is 39.6 Å². The van der Waals surface area contributed by atoms with Crippen molar-refractivity contribution >= 4 is 75.4 Å². The van der Waals surface area contributed by atoms with Gasteiger partial charge in [-0.15, -0.1) is 0 Å². The van der Waals surface area contributed by atoms with Crippen LogP contribution < -0.4 is 32.1 Å². The van der Waals surface area contributed by atoms with Crippen LogP contribution in [0.5, 0.6) is 11.5 Å². The van der Waals surface area contributed by atoms with Crippen LogP contribution in [-0.4, -0.2) is 29.5 Å². The standard InChI is InChI=1S/C76H74GeN4O/c1-73(2,3)52-38-39-78-69(45-52)81-67-37-25-34-63-70(67)71-64(77(63,56-28-18-14-19-29-56)57-30-20-15-21-31-57)47-60(48-68(71)81)82-59-33-24-32-58(46-59)79-49-80(66-36-23-22-35-65(66)79)72-61(50-26-16-13-17-27-50)43-55(76(10,11)12)44-62(72)51-40-53(74(4,5)6)42-54(41-51)75(7,8)9/h13-48H,49H2,1-12H3. The van der Waals surface area contributed by atoms with E-state index in [1.807, 2.05) is 6.20 Å². The zero-order chi connectivity index (χ0) is 57.1. The molecule has 2 aliphatic heterocycles. The first-order valence-corrected chi connectivity index (χ1v) is 33.4. The molecular formula is C76H74GeN4O. The molecule has 13 rings (SSSR count). The molecule has 5 nitrogen and oxygen atoms in total. The second kappa shape index (κ2) is 19.5. The van der Waals surface area contributed by atoms with Crippen LogP contribution in [0.3, 0.4) is 0 Å². The topological polar surface area (TPSA) is 33.5 Å². The Balaban J connectivity index is 0.978. The average molecular weight is 1130 g/mol. The summed E-state index contributed by atoms with van der Waals surface area (Å²) in [6.07, 6.45) is 1.97. The largest absolute Gasteiger partial charge is 0.0561 e. The molecule has 0 amide bonds. The molecule has 0 aliphatic carbocycles. The zero-order valence-corrected chi connectivity index (χ0v) is 51.8. The van der Waals surface area contributed by atoms with Gasteiger partial charge in [0, 0.05) is 0 Å². The van der Waals surface area contributed by atoms with E-state index in [0.29, 0.717) is 6.67 Å². The predicted octanol–water partition coefficient (Wildman–Crippen LogP) is 17.4. The second-order valence-corrected chi connectivity index (χ2v) is 34.8. The van der Waals surface area contributed by atoms with Gasteiger partial charge >= 0.3 is 324 Å². The van der Waals surface area contributed by atoms with Crippen LogP contribution in [0.1, 0.15) is 105 Å². The van der Waals surface area contributed by atoms with E-state index in [0.717, 1.165) is 39.9 Å². The monoisotopic (exact) mass is 1130 g/mol. The van der Waals surface area contributed by atoms with Gasteiger partial charge < -0.3 is 0 Å². The van der Waals surface area contributed by atoms with E-state index in [-0.39, 0.29) is 21.7 Å². The van der Waals surface area contributed by atoms with E-state index in [4.69, 9.17) is 9.72 Å². The van der Waals surface area contributed by atoms with Gasteiger partial charge in [0.2, 0.25) is 0 Å². The van der Waals surface area contributed by atoms with E-state index in [1.165, 1.54) is 84.1 Å². The molecule has 2 aromatic heterocycles. The number of aromatic nitrogens is 2. The first kappa shape index (κ1) is 53.2. The Bertz CT molecular complexity index is 4190. The summed E-state index contributed by atoms with van der Waals surface area (Å²) in [7, 11) is 0. The Kier molecular flexibility index (Phi) is 12.7. The van der Waals surface area contributed by atoms with E-state index < -0.39 is 13.3 Å². The second-order valence-electron chi connectivity index (χ2n) is 27.0. The summed E-state index contributed by atoms with van der Waals surface area (Å²) in [5.74, 6) is 2.50. The maximum atomic E-state index is 7.38. The molecular weight excluding hydrogens is 1060 g/mol. The van der Waals surface area contributed by atoms with Gasteiger partial charge in [-0.25, -0.2) is 0 Å². The fourth-order valence-corrected chi connectivity index (χ4v) is 23.9. The summed E-state index contributed by atoms with van der Waals surface area (Å²) in [5, 5.41) is 2.64. The van der Waals surface area contributed by atoms with Gasteiger partial charge in [0.05, 0.1) is 0 Å². The Morgan fingerprint density at radius 3 is 1.55 bits per heavy atom. The minimum atomic E-state index is -3.68. The van der Waals surface area contributed by atoms with Gasteiger partial charge in [-0.3, -0.25) is 0 Å². The minimum absolute atomic E-state index is 0.0554. The Hall–Kier alpha value is -8.13. The first-order valence-electron chi connectivity index (χ1n) is 29.2. The Morgan fingerprint density at radius 1 is 0.402 bits per heavy atom. The van der Waals surface area contributed by atoms with Crippen molar-refractivity contribution < 1.29 is 4.74 Å². The Morgan fingerprint density at radius 2 is 0.939 bits per heavy atom. The third-order valence-corrected chi connectivity index (χ3v) is 27.5. The molecule has 0 radical (unpaired) electrons. The third kappa shape index (κ3) is 8.95. The molecule has 0 unspecified atom stereocenters. The number of hydrogen-bond acceptors (Lipinski definition) is 4. The van der Waals surface area contributed by atoms with Crippen LogP contribution in [0.2, 0.25) is 0 Å². The smallest absolute Gasteiger partial charge is 0.0132 e. The van der Waals surface area contributed by atoms with Crippen molar-refractivity contribution in [3.05, 3.63) is 241 Å². The van der Waals surface area contributed by atoms with Crippen molar-refractivity contribution in [1.82, 2.24) is 9.55 Å². The fraction of sp³-hybridized carbons (Fsp3) is 0.224. The predicted molar refractivity (Wildman–Crippen MR) is 350 cm³/mol. The summed E-state index contributed by atoms with van der Waals surface area (Å²) >= 11 is -3.68. The quantitative estimate of drug-likeness (QED) is 0.135. The summed E-state index contributed by atoms with van der Waals surface area (Å²) in [4.78, 5) is 10.2. The number of nitrogens with zero attached hydrogens (tertiary/aromatic N) is 4. The summed E-state index contributed by atoms with van der Waals surface area (Å²) in [6.45, 7) is 28.5. The SMILES string of the molecule is CC(C)(C)c1cc(-c2cc(C(C)(C)C)cc(-c3ccccc3)c2N2CN(c3cccc(Oc4c[c]5c6c7[c](cccc7n(-c7cc(C(C)(C)C)ccn7)c6c4)[Ge]5([c]4ccccc4)[c]4ccccc4)c3)c3ccccc32)cc(C(C)(C)C)c1. The van der Waals surface area contributed by atoms with Crippen LogP contribution in [0.25, 0.3) is 49.9 Å². The zero-order valence-electron chi connectivity index (χ0n) is 49.7. The van der Waals surface area contributed by atoms with Crippen molar-refractivity contribution in [2.45, 2.75) is 105 Å². The number of para-hydroxylation sites is 2. The maximum absolute atomic E-state index is 7.38. The van der Waals surface area contributed by atoms with Crippen molar-refractivity contribution in [2.75, 3.05) is 16.5 Å². The van der Waals surface area contributed by atoms with E-state index in [1.54, 1.807) is 0 Å². The van der Waals surface area contributed by atoms with Gasteiger partial charge in [-0.05, 0) is 56.2 Å².